The van der Waals surface area contributed by atoms with Crippen LogP contribution in [0.3, 0.4) is 0 Å². The number of carbonyl (C=O) groups is 2. The second-order valence-corrected chi connectivity index (χ2v) is 7.04. The fourth-order valence-corrected chi connectivity index (χ4v) is 2.37. The molecule has 1 N–H and O–H groups in total. The van der Waals surface area contributed by atoms with Crippen LogP contribution in [0.2, 0.25) is 0 Å². The number of hydrogen-bond acceptors (Lipinski definition) is 5. The highest BCUT2D eigenvalue weighted by molar-refractivity contribution is 6.07. The average Bonchev–Trinajstić information content (AvgIpc) is 2.40. The van der Waals surface area contributed by atoms with Gasteiger partial charge >= 0.3 is 6.16 Å². The van der Waals surface area contributed by atoms with Crippen molar-refractivity contribution in [3.63, 3.8) is 0 Å². The summed E-state index contributed by atoms with van der Waals surface area (Å²) in [5.74, 6) is -0.0658. The number of hydrogen-bond donors (Lipinski definition) is 1. The van der Waals surface area contributed by atoms with Gasteiger partial charge in [0.2, 0.25) is 0 Å². The van der Waals surface area contributed by atoms with Gasteiger partial charge in [0.1, 0.15) is 17.7 Å². The molecule has 6 heteroatoms. The third kappa shape index (κ3) is 4.15. The van der Waals surface area contributed by atoms with Crippen LogP contribution in [-0.2, 0) is 14.3 Å². The zero-order chi connectivity index (χ0) is 17.3. The first kappa shape index (κ1) is 17.1. The Morgan fingerprint density at radius 3 is 2.57 bits per heavy atom. The number of nitrogens with one attached hydrogen (secondary N) is 1. The number of fused-ring (bicyclic) bond motifs is 1. The Labute approximate surface area is 136 Å². The highest BCUT2D eigenvalue weighted by Crippen LogP contribution is 2.34. The Morgan fingerprint density at radius 1 is 1.26 bits per heavy atom. The van der Waals surface area contributed by atoms with E-state index in [0.717, 1.165) is 11.4 Å². The molecule has 2 rings (SSSR count). The molecule has 0 fully saturated rings. The largest absolute Gasteiger partial charge is 0.508 e. The van der Waals surface area contributed by atoms with E-state index >= 15 is 0 Å². The minimum absolute atomic E-state index is 0.0658. The molecule has 1 aliphatic rings. The first-order valence-corrected chi connectivity index (χ1v) is 7.65. The molecule has 1 heterocycles. The van der Waals surface area contributed by atoms with E-state index in [1.54, 1.807) is 25.7 Å². The average molecular weight is 320 g/mol. The molecule has 0 aromatic heterocycles. The van der Waals surface area contributed by atoms with Crippen LogP contribution in [0.4, 0.5) is 16.2 Å². The van der Waals surface area contributed by atoms with Crippen LogP contribution in [0.1, 0.15) is 34.6 Å². The molecule has 0 unspecified atom stereocenters. The van der Waals surface area contributed by atoms with Gasteiger partial charge in [0.15, 0.2) is 0 Å². The van der Waals surface area contributed by atoms with Crippen LogP contribution in [0, 0.1) is 0 Å². The maximum Gasteiger partial charge on any atom is 0.508 e. The van der Waals surface area contributed by atoms with E-state index in [1.807, 2.05) is 38.1 Å². The molecule has 126 valence electrons. The predicted molar refractivity (Wildman–Crippen MR) is 88.7 cm³/mol. The summed E-state index contributed by atoms with van der Waals surface area (Å²) in [6, 6.07) is 7.56. The molecule has 1 amide bonds. The molecular weight excluding hydrogens is 296 g/mol. The third-order valence-electron chi connectivity index (χ3n) is 3.35. The third-order valence-corrected chi connectivity index (χ3v) is 3.35. The first-order valence-electron chi connectivity index (χ1n) is 7.65. The van der Waals surface area contributed by atoms with Gasteiger partial charge in [-0.25, -0.2) is 4.79 Å². The van der Waals surface area contributed by atoms with E-state index < -0.39 is 17.3 Å². The van der Waals surface area contributed by atoms with Crippen LogP contribution in [0.25, 0.3) is 0 Å². The molecule has 0 aliphatic carbocycles. The number of rotatable bonds is 3. The molecule has 0 saturated carbocycles. The Morgan fingerprint density at radius 2 is 1.91 bits per heavy atom. The van der Waals surface area contributed by atoms with Crippen molar-refractivity contribution in [2.24, 2.45) is 0 Å². The number of benzene rings is 1. The number of ether oxygens (including phenoxy) is 2. The summed E-state index contributed by atoms with van der Waals surface area (Å²) >= 11 is 0. The minimum Gasteiger partial charge on any atom is -0.432 e. The van der Waals surface area contributed by atoms with E-state index in [4.69, 9.17) is 9.47 Å². The maximum absolute atomic E-state index is 12.6. The lowest BCUT2D eigenvalue weighted by atomic mass is 9.98. The first-order chi connectivity index (χ1) is 10.6. The van der Waals surface area contributed by atoms with Crippen LogP contribution in [-0.4, -0.2) is 36.4 Å². The van der Waals surface area contributed by atoms with Crippen molar-refractivity contribution in [2.45, 2.75) is 45.8 Å². The van der Waals surface area contributed by atoms with Crippen molar-refractivity contribution < 1.29 is 19.1 Å². The molecule has 0 atom stereocenters. The number of nitrogens with zero attached hydrogens (tertiary/aromatic N) is 1. The van der Waals surface area contributed by atoms with Crippen LogP contribution >= 0.6 is 0 Å². The summed E-state index contributed by atoms with van der Waals surface area (Å²) in [5.41, 5.74) is 0.357. The number of amides is 1. The van der Waals surface area contributed by atoms with E-state index in [1.165, 1.54) is 0 Å². The van der Waals surface area contributed by atoms with Crippen molar-refractivity contribution in [1.29, 1.82) is 0 Å². The molecule has 0 spiro atoms. The van der Waals surface area contributed by atoms with Crippen molar-refractivity contribution in [3.05, 3.63) is 24.3 Å². The Kier molecular flexibility index (Phi) is 4.54. The van der Waals surface area contributed by atoms with Crippen LogP contribution in [0.15, 0.2) is 24.3 Å². The Balaban J connectivity index is 2.04. The van der Waals surface area contributed by atoms with Gasteiger partial charge in [-0.15, -0.1) is 0 Å². The second-order valence-electron chi connectivity index (χ2n) is 7.04. The molecule has 1 aromatic carbocycles. The van der Waals surface area contributed by atoms with E-state index in [-0.39, 0.29) is 19.1 Å². The smallest absolute Gasteiger partial charge is 0.432 e. The highest BCUT2D eigenvalue weighted by Gasteiger charge is 2.38. The summed E-state index contributed by atoms with van der Waals surface area (Å²) in [6.07, 6.45) is -0.729. The SMILES string of the molecule is CC(C)(C)OC(=O)OCCN1C(=O)C(C)(C)Nc2ccccc21. The normalized spacial score (nSPS) is 16.4. The summed E-state index contributed by atoms with van der Waals surface area (Å²) < 4.78 is 10.2. The van der Waals surface area contributed by atoms with Gasteiger partial charge < -0.3 is 19.7 Å². The molecule has 0 saturated heterocycles. The lowest BCUT2D eigenvalue weighted by Gasteiger charge is -2.39. The molecule has 1 aliphatic heterocycles. The second kappa shape index (κ2) is 6.10. The molecule has 6 nitrogen and oxygen atoms in total. The van der Waals surface area contributed by atoms with E-state index in [2.05, 4.69) is 5.32 Å². The van der Waals surface area contributed by atoms with E-state index in [0.29, 0.717) is 0 Å². The van der Waals surface area contributed by atoms with Gasteiger partial charge in [-0.3, -0.25) is 4.79 Å². The van der Waals surface area contributed by atoms with Crippen LogP contribution in [0.5, 0.6) is 0 Å². The molecule has 0 bridgehead atoms. The van der Waals surface area contributed by atoms with Crippen molar-refractivity contribution in [1.82, 2.24) is 0 Å². The lowest BCUT2D eigenvalue weighted by molar-refractivity contribution is -0.122. The predicted octanol–water partition coefficient (Wildman–Crippen LogP) is 3.18. The van der Waals surface area contributed by atoms with Gasteiger partial charge in [-0.05, 0) is 46.8 Å². The molecular formula is C17H24N2O4. The van der Waals surface area contributed by atoms with Crippen LogP contribution < -0.4 is 10.2 Å². The number of anilines is 2. The Bertz CT molecular complexity index is 605. The van der Waals surface area contributed by atoms with Crippen molar-refractivity contribution in [3.8, 4) is 0 Å². The quantitative estimate of drug-likeness (QED) is 0.866. The Hall–Kier alpha value is -2.24. The number of carbonyl (C=O) groups excluding carboxylic acids is 2. The summed E-state index contributed by atoms with van der Waals surface area (Å²) in [4.78, 5) is 25.8. The fraction of sp³-hybridized carbons (Fsp3) is 0.529. The van der Waals surface area contributed by atoms with E-state index in [9.17, 15) is 9.59 Å². The monoisotopic (exact) mass is 320 g/mol. The van der Waals surface area contributed by atoms with Gasteiger partial charge in [-0.2, -0.15) is 0 Å². The van der Waals surface area contributed by atoms with Gasteiger partial charge in [0, 0.05) is 0 Å². The summed E-state index contributed by atoms with van der Waals surface area (Å²) in [7, 11) is 0. The fourth-order valence-electron chi connectivity index (χ4n) is 2.37. The summed E-state index contributed by atoms with van der Waals surface area (Å²) in [5, 5.41) is 3.22. The molecule has 1 aromatic rings. The van der Waals surface area contributed by atoms with Gasteiger partial charge in [0.25, 0.3) is 5.91 Å². The van der Waals surface area contributed by atoms with Crippen molar-refractivity contribution in [2.75, 3.05) is 23.4 Å². The number of para-hydroxylation sites is 2. The highest BCUT2D eigenvalue weighted by atomic mass is 16.7. The lowest BCUT2D eigenvalue weighted by Crippen LogP contribution is -2.54. The minimum atomic E-state index is -0.729. The zero-order valence-corrected chi connectivity index (χ0v) is 14.3. The molecule has 0 radical (unpaired) electrons. The van der Waals surface area contributed by atoms with Gasteiger partial charge in [0.05, 0.1) is 17.9 Å². The zero-order valence-electron chi connectivity index (χ0n) is 14.3. The topological polar surface area (TPSA) is 67.9 Å². The van der Waals surface area contributed by atoms with Gasteiger partial charge in [-0.1, -0.05) is 12.1 Å². The molecule has 23 heavy (non-hydrogen) atoms. The van der Waals surface area contributed by atoms with Crippen molar-refractivity contribution >= 4 is 23.4 Å². The maximum atomic E-state index is 12.6. The standard InChI is InChI=1S/C17H24N2O4/c1-16(2,3)23-15(21)22-11-10-19-13-9-7-6-8-12(13)18-17(4,5)14(19)20/h6-9,18H,10-11H2,1-5H3. The summed E-state index contributed by atoms with van der Waals surface area (Å²) in [6.45, 7) is 9.32.